The van der Waals surface area contributed by atoms with Crippen molar-refractivity contribution in [2.24, 2.45) is 0 Å². The van der Waals surface area contributed by atoms with Gasteiger partial charge >= 0.3 is 0 Å². The van der Waals surface area contributed by atoms with E-state index in [0.717, 1.165) is 21.8 Å². The summed E-state index contributed by atoms with van der Waals surface area (Å²) in [6, 6.07) is 12.5. The maximum absolute atomic E-state index is 12.5. The summed E-state index contributed by atoms with van der Waals surface area (Å²) in [6.45, 7) is 4.49. The van der Waals surface area contributed by atoms with Gasteiger partial charge in [-0.1, -0.05) is 41.9 Å². The van der Waals surface area contributed by atoms with E-state index in [4.69, 9.17) is 27.9 Å². The zero-order valence-electron chi connectivity index (χ0n) is 16.5. The molecule has 5 nitrogen and oxygen atoms in total. The molecule has 2 aromatic carbocycles. The van der Waals surface area contributed by atoms with Gasteiger partial charge in [0.2, 0.25) is 0 Å². The van der Waals surface area contributed by atoms with Crippen LogP contribution < -0.4 is 10.1 Å². The van der Waals surface area contributed by atoms with Crippen LogP contribution in [-0.4, -0.2) is 28.6 Å². The molecule has 0 saturated heterocycles. The molecule has 1 aromatic heterocycles. The minimum atomic E-state index is -0.797. The van der Waals surface area contributed by atoms with Crippen molar-refractivity contribution >= 4 is 46.0 Å². The first-order valence-corrected chi connectivity index (χ1v) is 11.4. The number of hydrogen-bond donors (Lipinski definition) is 2. The van der Waals surface area contributed by atoms with E-state index in [1.54, 1.807) is 18.2 Å². The van der Waals surface area contributed by atoms with Gasteiger partial charge in [0.05, 0.1) is 11.8 Å². The number of aliphatic hydroxyl groups excluding tert-OH is 1. The van der Waals surface area contributed by atoms with Gasteiger partial charge in [0.1, 0.15) is 10.8 Å². The van der Waals surface area contributed by atoms with Crippen molar-refractivity contribution in [1.82, 2.24) is 10.3 Å². The molecule has 3 aromatic rings. The Labute approximate surface area is 194 Å². The first-order chi connectivity index (χ1) is 14.9. The van der Waals surface area contributed by atoms with Crippen LogP contribution in [0.5, 0.6) is 5.75 Å². The second-order valence-electron chi connectivity index (χ2n) is 7.23. The van der Waals surface area contributed by atoms with Crippen molar-refractivity contribution in [3.05, 3.63) is 75.7 Å². The predicted molar refractivity (Wildman–Crippen MR) is 125 cm³/mol. The molecule has 0 saturated carbocycles. The molecular weight excluding hydrogens is 455 g/mol. The van der Waals surface area contributed by atoms with E-state index in [1.807, 2.05) is 29.6 Å². The fraction of sp³-hybridized carbons (Fsp3) is 0.217. The Hall–Kier alpha value is -2.38. The second-order valence-corrected chi connectivity index (χ2v) is 8.96. The monoisotopic (exact) mass is 474 g/mol. The fourth-order valence-electron chi connectivity index (χ4n) is 3.32. The molecule has 160 valence electrons. The number of nitrogens with one attached hydrogen (secondary N) is 1. The standard InChI is InChI=1S/C23H20Cl2N2O3S/c1-13(18-12-31-23(27-18)14-2-4-15(24)5-3-14)8-9-26-22(29)21-11-19(28)17-10-16(25)6-7-20(17)30-21/h2-7,10,12,19,21,28H,1,8-9,11H2,(H,26,29)/t19-,21-/m1/s1. The number of aromatic nitrogens is 1. The van der Waals surface area contributed by atoms with Crippen LogP contribution in [0.15, 0.2) is 54.4 Å². The van der Waals surface area contributed by atoms with Crippen molar-refractivity contribution in [2.45, 2.75) is 25.0 Å². The summed E-state index contributed by atoms with van der Waals surface area (Å²) in [4.78, 5) is 17.2. The first-order valence-electron chi connectivity index (χ1n) is 9.72. The predicted octanol–water partition coefficient (Wildman–Crippen LogP) is 5.52. The Bertz CT molecular complexity index is 1110. The number of aliphatic hydroxyl groups is 1. The third kappa shape index (κ3) is 5.10. The molecule has 4 rings (SSSR count). The van der Waals surface area contributed by atoms with Crippen molar-refractivity contribution in [1.29, 1.82) is 0 Å². The lowest BCUT2D eigenvalue weighted by Crippen LogP contribution is -2.41. The van der Waals surface area contributed by atoms with Crippen molar-refractivity contribution in [3.63, 3.8) is 0 Å². The van der Waals surface area contributed by atoms with Crippen LogP contribution in [0.2, 0.25) is 10.0 Å². The average molecular weight is 475 g/mol. The molecule has 1 aliphatic rings. The zero-order valence-corrected chi connectivity index (χ0v) is 18.8. The van der Waals surface area contributed by atoms with Crippen LogP contribution >= 0.6 is 34.5 Å². The molecule has 1 amide bonds. The Balaban J connectivity index is 1.30. The summed E-state index contributed by atoms with van der Waals surface area (Å²) in [5, 5.41) is 17.2. The Morgan fingerprint density at radius 3 is 2.74 bits per heavy atom. The summed E-state index contributed by atoms with van der Waals surface area (Å²) >= 11 is 13.4. The third-order valence-corrected chi connectivity index (χ3v) is 6.39. The molecule has 0 bridgehead atoms. The van der Waals surface area contributed by atoms with Crippen LogP contribution in [-0.2, 0) is 4.79 Å². The van der Waals surface area contributed by atoms with E-state index in [1.165, 1.54) is 11.3 Å². The highest BCUT2D eigenvalue weighted by atomic mass is 35.5. The molecule has 0 unspecified atom stereocenters. The van der Waals surface area contributed by atoms with E-state index >= 15 is 0 Å². The van der Waals surface area contributed by atoms with Gasteiger partial charge < -0.3 is 15.2 Å². The Morgan fingerprint density at radius 2 is 1.97 bits per heavy atom. The highest BCUT2D eigenvalue weighted by molar-refractivity contribution is 7.13. The van der Waals surface area contributed by atoms with Gasteiger partial charge in [-0.2, -0.15) is 0 Å². The molecule has 31 heavy (non-hydrogen) atoms. The molecule has 8 heteroatoms. The molecule has 0 radical (unpaired) electrons. The lowest BCUT2D eigenvalue weighted by atomic mass is 9.98. The molecular formula is C23H20Cl2N2O3S. The topological polar surface area (TPSA) is 71.5 Å². The van der Waals surface area contributed by atoms with Crippen molar-refractivity contribution in [2.75, 3.05) is 6.54 Å². The number of benzene rings is 2. The lowest BCUT2D eigenvalue weighted by molar-refractivity contribution is -0.130. The molecule has 2 atom stereocenters. The van der Waals surface area contributed by atoms with Crippen molar-refractivity contribution < 1.29 is 14.6 Å². The van der Waals surface area contributed by atoms with E-state index in [0.29, 0.717) is 34.3 Å². The average Bonchev–Trinajstić information content (AvgIpc) is 3.25. The zero-order chi connectivity index (χ0) is 22.0. The number of halogens is 2. The summed E-state index contributed by atoms with van der Waals surface area (Å²) in [5.74, 6) is 0.206. The lowest BCUT2D eigenvalue weighted by Gasteiger charge is -2.29. The quantitative estimate of drug-likeness (QED) is 0.493. The minimum Gasteiger partial charge on any atom is -0.480 e. The van der Waals surface area contributed by atoms with Crippen LogP contribution in [0.3, 0.4) is 0 Å². The number of nitrogens with zero attached hydrogens (tertiary/aromatic N) is 1. The molecule has 0 fully saturated rings. The number of ether oxygens (including phenoxy) is 1. The van der Waals surface area contributed by atoms with Crippen LogP contribution in [0, 0.1) is 0 Å². The smallest absolute Gasteiger partial charge is 0.261 e. The normalized spacial score (nSPS) is 17.5. The molecule has 1 aliphatic heterocycles. The van der Waals surface area contributed by atoms with E-state index in [-0.39, 0.29) is 12.3 Å². The number of carbonyl (C=O) groups is 1. The molecule has 2 N–H and O–H groups in total. The maximum atomic E-state index is 12.5. The fourth-order valence-corrected chi connectivity index (χ4v) is 4.49. The van der Waals surface area contributed by atoms with Gasteiger partial charge in [-0.05, 0) is 42.3 Å². The number of amides is 1. The SMILES string of the molecule is C=C(CCNC(=O)[C@H]1C[C@@H](O)c2cc(Cl)ccc2O1)c1csc(-c2ccc(Cl)cc2)n1. The van der Waals surface area contributed by atoms with Crippen molar-refractivity contribution in [3.8, 4) is 16.3 Å². The molecule has 2 heterocycles. The van der Waals surface area contributed by atoms with E-state index in [2.05, 4.69) is 16.9 Å². The molecule has 0 aliphatic carbocycles. The first kappa shape index (κ1) is 21.8. The van der Waals surface area contributed by atoms with Crippen LogP contribution in [0.1, 0.15) is 30.2 Å². The summed E-state index contributed by atoms with van der Waals surface area (Å²) in [6.07, 6.45) is -0.824. The number of fused-ring (bicyclic) bond motifs is 1. The second kappa shape index (κ2) is 9.40. The van der Waals surface area contributed by atoms with E-state index in [9.17, 15) is 9.90 Å². The number of thiazole rings is 1. The van der Waals surface area contributed by atoms with Gasteiger partial charge in [-0.3, -0.25) is 4.79 Å². The summed E-state index contributed by atoms with van der Waals surface area (Å²) in [7, 11) is 0. The summed E-state index contributed by atoms with van der Waals surface area (Å²) in [5.41, 5.74) is 3.24. The number of hydrogen-bond acceptors (Lipinski definition) is 5. The van der Waals surface area contributed by atoms with Crippen LogP contribution in [0.25, 0.3) is 16.1 Å². The van der Waals surface area contributed by atoms with Gasteiger partial charge in [0.15, 0.2) is 6.10 Å². The Kier molecular flexibility index (Phi) is 6.62. The van der Waals surface area contributed by atoms with Gasteiger partial charge in [0.25, 0.3) is 5.91 Å². The van der Waals surface area contributed by atoms with E-state index < -0.39 is 12.2 Å². The van der Waals surface area contributed by atoms with Gasteiger partial charge in [0, 0.05) is 39.5 Å². The highest BCUT2D eigenvalue weighted by Gasteiger charge is 2.31. The molecule has 0 spiro atoms. The number of carbonyl (C=O) groups excluding carboxylic acids is 1. The minimum absolute atomic E-state index is 0.177. The van der Waals surface area contributed by atoms with Gasteiger partial charge in [-0.25, -0.2) is 4.98 Å². The third-order valence-electron chi connectivity index (χ3n) is 5.01. The Morgan fingerprint density at radius 1 is 1.23 bits per heavy atom. The number of rotatable bonds is 6. The van der Waals surface area contributed by atoms with Crippen LogP contribution in [0.4, 0.5) is 0 Å². The maximum Gasteiger partial charge on any atom is 0.261 e. The summed E-state index contributed by atoms with van der Waals surface area (Å²) < 4.78 is 5.75. The highest BCUT2D eigenvalue weighted by Crippen LogP contribution is 2.36. The largest absolute Gasteiger partial charge is 0.480 e. The van der Waals surface area contributed by atoms with Gasteiger partial charge in [-0.15, -0.1) is 11.3 Å².